The molecule has 24 heavy (non-hydrogen) atoms. The number of nitrogens with one attached hydrogen (secondary N) is 1. The Bertz CT molecular complexity index is 652. The monoisotopic (exact) mass is 348 g/mol. The maximum absolute atomic E-state index is 11.9. The molecule has 0 radical (unpaired) electrons. The highest BCUT2D eigenvalue weighted by Crippen LogP contribution is 2.29. The van der Waals surface area contributed by atoms with Crippen LogP contribution >= 0.6 is 11.6 Å². The third-order valence-electron chi connectivity index (χ3n) is 3.99. The quantitative estimate of drug-likeness (QED) is 0.828. The summed E-state index contributed by atoms with van der Waals surface area (Å²) < 4.78 is 11.0. The fraction of sp³-hybridized carbons (Fsp3) is 0.389. The predicted molar refractivity (Wildman–Crippen MR) is 94.3 cm³/mol. The van der Waals surface area contributed by atoms with E-state index in [9.17, 15) is 4.79 Å². The highest BCUT2D eigenvalue weighted by Gasteiger charge is 2.11. The molecule has 1 aromatic rings. The summed E-state index contributed by atoms with van der Waals surface area (Å²) in [6.07, 6.45) is 5.32. The lowest BCUT2D eigenvalue weighted by Crippen LogP contribution is -2.41. The van der Waals surface area contributed by atoms with Crippen LogP contribution in [0.25, 0.3) is 6.08 Å². The van der Waals surface area contributed by atoms with Gasteiger partial charge in [0.1, 0.15) is 12.4 Å². The van der Waals surface area contributed by atoms with Crippen LogP contribution in [0.2, 0.25) is 5.02 Å². The molecule has 1 amide bonds. The van der Waals surface area contributed by atoms with E-state index in [1.807, 2.05) is 18.2 Å². The van der Waals surface area contributed by atoms with Gasteiger partial charge >= 0.3 is 0 Å². The van der Waals surface area contributed by atoms with Crippen molar-refractivity contribution in [1.29, 1.82) is 0 Å². The van der Waals surface area contributed by atoms with Gasteiger partial charge in [-0.3, -0.25) is 9.69 Å². The van der Waals surface area contributed by atoms with E-state index in [1.165, 1.54) is 0 Å². The van der Waals surface area contributed by atoms with Crippen LogP contribution in [-0.4, -0.2) is 56.8 Å². The van der Waals surface area contributed by atoms with Crippen LogP contribution in [0.4, 0.5) is 0 Å². The summed E-state index contributed by atoms with van der Waals surface area (Å²) in [5.74, 6) is 0.715. The third kappa shape index (κ3) is 4.84. The van der Waals surface area contributed by atoms with E-state index in [1.54, 1.807) is 18.2 Å². The summed E-state index contributed by atoms with van der Waals surface area (Å²) >= 11 is 5.99. The number of halogens is 1. The molecule has 0 atom stereocenters. The van der Waals surface area contributed by atoms with E-state index in [0.29, 0.717) is 18.2 Å². The molecule has 0 aliphatic carbocycles. The number of carbonyl (C=O) groups is 1. The van der Waals surface area contributed by atoms with Crippen molar-refractivity contribution in [2.45, 2.75) is 0 Å². The van der Waals surface area contributed by atoms with Gasteiger partial charge in [-0.05, 0) is 29.8 Å². The van der Waals surface area contributed by atoms with E-state index in [-0.39, 0.29) is 5.91 Å². The summed E-state index contributed by atoms with van der Waals surface area (Å²) in [7, 11) is 0. The Morgan fingerprint density at radius 1 is 1.33 bits per heavy atom. The van der Waals surface area contributed by atoms with Crippen LogP contribution in [0.5, 0.6) is 5.75 Å². The summed E-state index contributed by atoms with van der Waals surface area (Å²) in [5.41, 5.74) is 1.87. The Labute approximate surface area is 146 Å². The minimum atomic E-state index is -0.0962. The standard InChI is InChI=1S/C18H21ClN2O3/c19-16-2-3-17-15(12-16)11-14(13-24-17)1-4-18(22)20-5-6-21-7-9-23-10-8-21/h1-4,11-12H,5-10,13H2,(H,20,22). The fourth-order valence-electron chi connectivity index (χ4n) is 2.67. The van der Waals surface area contributed by atoms with Gasteiger partial charge in [0.25, 0.3) is 0 Å². The molecule has 0 aromatic heterocycles. The molecule has 3 rings (SSSR count). The minimum absolute atomic E-state index is 0.0962. The Morgan fingerprint density at radius 2 is 2.17 bits per heavy atom. The zero-order chi connectivity index (χ0) is 16.8. The number of benzene rings is 1. The van der Waals surface area contributed by atoms with Crippen LogP contribution < -0.4 is 10.1 Å². The molecule has 0 saturated carbocycles. The molecule has 2 aliphatic heterocycles. The van der Waals surface area contributed by atoms with E-state index >= 15 is 0 Å². The molecule has 1 fully saturated rings. The number of hydrogen-bond acceptors (Lipinski definition) is 4. The van der Waals surface area contributed by atoms with Crippen molar-refractivity contribution in [2.24, 2.45) is 0 Å². The van der Waals surface area contributed by atoms with Crippen molar-refractivity contribution < 1.29 is 14.3 Å². The highest BCUT2D eigenvalue weighted by molar-refractivity contribution is 6.30. The van der Waals surface area contributed by atoms with Gasteiger partial charge in [0, 0.05) is 42.8 Å². The second-order valence-corrected chi connectivity index (χ2v) is 6.20. The zero-order valence-electron chi connectivity index (χ0n) is 13.5. The van der Waals surface area contributed by atoms with Crippen molar-refractivity contribution in [1.82, 2.24) is 10.2 Å². The molecular weight excluding hydrogens is 328 g/mol. The molecule has 1 saturated heterocycles. The molecule has 1 N–H and O–H groups in total. The fourth-order valence-corrected chi connectivity index (χ4v) is 2.85. The van der Waals surface area contributed by atoms with Gasteiger partial charge < -0.3 is 14.8 Å². The Kier molecular flexibility index (Phi) is 5.91. The first-order valence-electron chi connectivity index (χ1n) is 8.10. The van der Waals surface area contributed by atoms with Gasteiger partial charge in [0.05, 0.1) is 13.2 Å². The van der Waals surface area contributed by atoms with Crippen LogP contribution in [0.15, 0.2) is 35.9 Å². The first kappa shape index (κ1) is 17.0. The van der Waals surface area contributed by atoms with Gasteiger partial charge in [-0.15, -0.1) is 0 Å². The average Bonchev–Trinajstić information content (AvgIpc) is 2.60. The lowest BCUT2D eigenvalue weighted by molar-refractivity contribution is -0.116. The lowest BCUT2D eigenvalue weighted by Gasteiger charge is -2.26. The molecule has 2 aliphatic rings. The smallest absolute Gasteiger partial charge is 0.244 e. The number of ether oxygens (including phenoxy) is 2. The Morgan fingerprint density at radius 3 is 3.00 bits per heavy atom. The number of nitrogens with zero attached hydrogens (tertiary/aromatic N) is 1. The maximum atomic E-state index is 11.9. The van der Waals surface area contributed by atoms with Gasteiger partial charge in [-0.25, -0.2) is 0 Å². The zero-order valence-corrected chi connectivity index (χ0v) is 14.2. The van der Waals surface area contributed by atoms with Crippen LogP contribution in [0.1, 0.15) is 5.56 Å². The number of rotatable bonds is 5. The molecule has 5 nitrogen and oxygen atoms in total. The molecule has 0 unspecified atom stereocenters. The van der Waals surface area contributed by atoms with Crippen molar-refractivity contribution >= 4 is 23.6 Å². The van der Waals surface area contributed by atoms with Gasteiger partial charge in [-0.2, -0.15) is 0 Å². The largest absolute Gasteiger partial charge is 0.488 e. The van der Waals surface area contributed by atoms with E-state index in [4.69, 9.17) is 21.1 Å². The molecule has 2 heterocycles. The SMILES string of the molecule is O=C(C=CC1=Cc2cc(Cl)ccc2OC1)NCCN1CCOCC1. The van der Waals surface area contributed by atoms with E-state index < -0.39 is 0 Å². The summed E-state index contributed by atoms with van der Waals surface area (Å²) in [6.45, 7) is 5.33. The molecular formula is C18H21ClN2O3. The minimum Gasteiger partial charge on any atom is -0.488 e. The number of morpholine rings is 1. The maximum Gasteiger partial charge on any atom is 0.244 e. The van der Waals surface area contributed by atoms with Crippen LogP contribution in [0.3, 0.4) is 0 Å². The average molecular weight is 349 g/mol. The first-order chi connectivity index (χ1) is 11.7. The van der Waals surface area contributed by atoms with Crippen molar-refractivity contribution in [3.8, 4) is 5.75 Å². The Hall–Kier alpha value is -1.82. The van der Waals surface area contributed by atoms with E-state index in [0.717, 1.165) is 49.7 Å². The first-order valence-corrected chi connectivity index (χ1v) is 8.47. The lowest BCUT2D eigenvalue weighted by atomic mass is 10.1. The van der Waals surface area contributed by atoms with Crippen LogP contribution in [-0.2, 0) is 9.53 Å². The predicted octanol–water partition coefficient (Wildman–Crippen LogP) is 2.12. The van der Waals surface area contributed by atoms with Crippen molar-refractivity contribution in [3.63, 3.8) is 0 Å². The topological polar surface area (TPSA) is 50.8 Å². The molecule has 0 bridgehead atoms. The number of fused-ring (bicyclic) bond motifs is 1. The molecule has 1 aromatic carbocycles. The normalized spacial score (nSPS) is 18.0. The number of carbonyl (C=O) groups excluding carboxylic acids is 1. The highest BCUT2D eigenvalue weighted by atomic mass is 35.5. The van der Waals surface area contributed by atoms with Gasteiger partial charge in [-0.1, -0.05) is 17.7 Å². The Balaban J connectivity index is 1.47. The summed E-state index contributed by atoms with van der Waals surface area (Å²) in [5, 5.41) is 3.57. The van der Waals surface area contributed by atoms with E-state index in [2.05, 4.69) is 10.2 Å². The van der Waals surface area contributed by atoms with Gasteiger partial charge in [0.2, 0.25) is 5.91 Å². The molecule has 128 valence electrons. The summed E-state index contributed by atoms with van der Waals surface area (Å²) in [6, 6.07) is 5.51. The van der Waals surface area contributed by atoms with Crippen molar-refractivity contribution in [2.75, 3.05) is 46.0 Å². The molecule has 0 spiro atoms. The van der Waals surface area contributed by atoms with Gasteiger partial charge in [0.15, 0.2) is 0 Å². The van der Waals surface area contributed by atoms with Crippen LogP contribution in [0, 0.1) is 0 Å². The second-order valence-electron chi connectivity index (χ2n) is 5.77. The summed E-state index contributed by atoms with van der Waals surface area (Å²) in [4.78, 5) is 14.2. The molecule has 6 heteroatoms. The van der Waals surface area contributed by atoms with Crippen molar-refractivity contribution in [3.05, 3.63) is 46.5 Å². The number of amides is 1. The number of hydrogen-bond donors (Lipinski definition) is 1. The third-order valence-corrected chi connectivity index (χ3v) is 4.22. The second kappa shape index (κ2) is 8.33.